The molecule has 0 aromatic carbocycles. The highest BCUT2D eigenvalue weighted by molar-refractivity contribution is 5.64. The topological polar surface area (TPSA) is 54.3 Å². The fraction of sp³-hybridized carbons (Fsp3) is 0.286. The Morgan fingerprint density at radius 2 is 2.18 bits per heavy atom. The molecule has 4 nitrogen and oxygen atoms in total. The number of rotatable bonds is 3. The van der Waals surface area contributed by atoms with Crippen molar-refractivity contribution in [1.82, 2.24) is 9.88 Å². The highest BCUT2D eigenvalue weighted by Gasteiger charge is 1.92. The largest absolute Gasteiger partial charge is 0.465 e. The lowest BCUT2D eigenvalue weighted by atomic mass is 10.6. The lowest BCUT2D eigenvalue weighted by Gasteiger charge is -2.01. The molecule has 62 valence electrons. The van der Waals surface area contributed by atoms with E-state index in [0.29, 0.717) is 13.1 Å². The maximum Gasteiger partial charge on any atom is 0.404 e. The van der Waals surface area contributed by atoms with Crippen LogP contribution in [0.2, 0.25) is 0 Å². The van der Waals surface area contributed by atoms with Crippen molar-refractivity contribution in [2.45, 2.75) is 6.54 Å². The lowest BCUT2D eigenvalue weighted by Crippen LogP contribution is -2.24. The number of nitrogens with zero attached hydrogens (tertiary/aromatic N) is 1. The first-order valence-electron chi connectivity index (χ1n) is 3.36. The molecule has 4 heteroatoms. The molecule has 0 atom stereocenters. The lowest BCUT2D eigenvalue weighted by molar-refractivity contribution is 0.194. The summed E-state index contributed by atoms with van der Waals surface area (Å²) in [6, 6.07) is 3.81. The van der Waals surface area contributed by atoms with Gasteiger partial charge >= 0.3 is 6.09 Å². The van der Waals surface area contributed by atoms with Gasteiger partial charge in [-0.25, -0.2) is 4.79 Å². The minimum absolute atomic E-state index is 0. The molecule has 1 rings (SSSR count). The molecule has 0 aliphatic heterocycles. The standard InChI is InChI=1S/C7H10N2O2.H2/c10-7(11)8-3-6-9-4-1-2-5-9;/h1-2,4-5,8H,3,6H2,(H,10,11);1H. The van der Waals surface area contributed by atoms with E-state index < -0.39 is 6.09 Å². The molecule has 1 aromatic rings. The summed E-state index contributed by atoms with van der Waals surface area (Å²) in [5, 5.41) is 10.5. The van der Waals surface area contributed by atoms with E-state index in [0.717, 1.165) is 0 Å². The molecule has 1 heterocycles. The van der Waals surface area contributed by atoms with Crippen molar-refractivity contribution in [3.63, 3.8) is 0 Å². The van der Waals surface area contributed by atoms with Crippen molar-refractivity contribution in [3.05, 3.63) is 24.5 Å². The molecular weight excluding hydrogens is 144 g/mol. The van der Waals surface area contributed by atoms with E-state index in [1.807, 2.05) is 29.1 Å². The molecule has 0 saturated carbocycles. The second-order valence-electron chi connectivity index (χ2n) is 2.15. The minimum atomic E-state index is -0.975. The van der Waals surface area contributed by atoms with E-state index in [2.05, 4.69) is 5.32 Å². The highest BCUT2D eigenvalue weighted by Crippen LogP contribution is 1.87. The van der Waals surface area contributed by atoms with Gasteiger partial charge in [0.15, 0.2) is 0 Å². The van der Waals surface area contributed by atoms with E-state index in [1.165, 1.54) is 0 Å². The van der Waals surface area contributed by atoms with E-state index in [9.17, 15) is 4.79 Å². The summed E-state index contributed by atoms with van der Waals surface area (Å²) in [7, 11) is 0. The van der Waals surface area contributed by atoms with Gasteiger partial charge in [-0.15, -0.1) is 0 Å². The van der Waals surface area contributed by atoms with Crippen LogP contribution in [0.4, 0.5) is 4.79 Å². The SMILES string of the molecule is O=C(O)NCCn1cccc1.[HH]. The molecule has 0 aliphatic rings. The fourth-order valence-corrected chi connectivity index (χ4v) is 0.811. The summed E-state index contributed by atoms with van der Waals surface area (Å²) in [5.41, 5.74) is 0. The van der Waals surface area contributed by atoms with Gasteiger partial charge in [0.2, 0.25) is 0 Å². The van der Waals surface area contributed by atoms with Crippen molar-refractivity contribution >= 4 is 6.09 Å². The Morgan fingerprint density at radius 1 is 1.55 bits per heavy atom. The molecule has 1 amide bonds. The van der Waals surface area contributed by atoms with Crippen LogP contribution in [0.15, 0.2) is 24.5 Å². The fourth-order valence-electron chi connectivity index (χ4n) is 0.811. The number of hydrogen-bond donors (Lipinski definition) is 2. The molecule has 0 spiro atoms. The van der Waals surface area contributed by atoms with Gasteiger partial charge in [-0.05, 0) is 12.1 Å². The predicted octanol–water partition coefficient (Wildman–Crippen LogP) is 1.00. The van der Waals surface area contributed by atoms with Gasteiger partial charge in [0.25, 0.3) is 0 Å². The van der Waals surface area contributed by atoms with Crippen molar-refractivity contribution < 1.29 is 11.3 Å². The van der Waals surface area contributed by atoms with E-state index in [-0.39, 0.29) is 1.43 Å². The third kappa shape index (κ3) is 2.75. The third-order valence-electron chi connectivity index (χ3n) is 1.31. The van der Waals surface area contributed by atoms with Crippen LogP contribution in [0.1, 0.15) is 1.43 Å². The molecular formula is C7H12N2O2. The average Bonchev–Trinajstić information content (AvgIpc) is 2.39. The van der Waals surface area contributed by atoms with Crippen LogP contribution in [0, 0.1) is 0 Å². The molecule has 1 aromatic heterocycles. The molecule has 0 radical (unpaired) electrons. The smallest absolute Gasteiger partial charge is 0.404 e. The van der Waals surface area contributed by atoms with E-state index in [1.54, 1.807) is 0 Å². The number of amides is 1. The zero-order chi connectivity index (χ0) is 8.10. The molecule has 0 bridgehead atoms. The van der Waals surface area contributed by atoms with Crippen LogP contribution in [-0.4, -0.2) is 22.3 Å². The quantitative estimate of drug-likeness (QED) is 0.686. The Morgan fingerprint density at radius 3 is 2.73 bits per heavy atom. The van der Waals surface area contributed by atoms with E-state index >= 15 is 0 Å². The Balaban J connectivity index is 0.00000121. The molecule has 0 unspecified atom stereocenters. The van der Waals surface area contributed by atoms with Crippen molar-refractivity contribution in [2.24, 2.45) is 0 Å². The second-order valence-corrected chi connectivity index (χ2v) is 2.15. The first-order valence-corrected chi connectivity index (χ1v) is 3.36. The maximum absolute atomic E-state index is 10.0. The highest BCUT2D eigenvalue weighted by atomic mass is 16.4. The number of carbonyl (C=O) groups is 1. The Labute approximate surface area is 65.9 Å². The number of hydrogen-bond acceptors (Lipinski definition) is 1. The Hall–Kier alpha value is -1.45. The van der Waals surface area contributed by atoms with E-state index in [4.69, 9.17) is 5.11 Å². The van der Waals surface area contributed by atoms with Crippen LogP contribution in [0.5, 0.6) is 0 Å². The van der Waals surface area contributed by atoms with Crippen LogP contribution < -0.4 is 5.32 Å². The minimum Gasteiger partial charge on any atom is -0.465 e. The van der Waals surface area contributed by atoms with Crippen molar-refractivity contribution in [3.8, 4) is 0 Å². The first-order chi connectivity index (χ1) is 5.29. The molecule has 0 saturated heterocycles. The van der Waals surface area contributed by atoms with Gasteiger partial charge in [0, 0.05) is 26.9 Å². The zero-order valence-corrected chi connectivity index (χ0v) is 6.03. The van der Waals surface area contributed by atoms with Gasteiger partial charge in [0.1, 0.15) is 0 Å². The predicted molar refractivity (Wildman–Crippen MR) is 42.6 cm³/mol. The average molecular weight is 156 g/mol. The van der Waals surface area contributed by atoms with Crippen molar-refractivity contribution in [1.29, 1.82) is 0 Å². The van der Waals surface area contributed by atoms with Crippen LogP contribution in [0.25, 0.3) is 0 Å². The normalized spacial score (nSPS) is 9.45. The van der Waals surface area contributed by atoms with Gasteiger partial charge in [-0.1, -0.05) is 0 Å². The zero-order valence-electron chi connectivity index (χ0n) is 6.03. The summed E-state index contributed by atoms with van der Waals surface area (Å²) >= 11 is 0. The van der Waals surface area contributed by atoms with Gasteiger partial charge < -0.3 is 15.0 Å². The first kappa shape index (κ1) is 7.65. The Bertz CT molecular complexity index is 223. The molecule has 2 N–H and O–H groups in total. The third-order valence-corrected chi connectivity index (χ3v) is 1.31. The van der Waals surface area contributed by atoms with Gasteiger partial charge in [-0.2, -0.15) is 0 Å². The molecule has 11 heavy (non-hydrogen) atoms. The maximum atomic E-state index is 10.0. The summed E-state index contributed by atoms with van der Waals surface area (Å²) < 4.78 is 1.91. The summed E-state index contributed by atoms with van der Waals surface area (Å²) in [6.07, 6.45) is 2.81. The molecule has 0 aliphatic carbocycles. The second kappa shape index (κ2) is 3.65. The number of nitrogens with one attached hydrogen (secondary N) is 1. The van der Waals surface area contributed by atoms with Crippen LogP contribution in [0.3, 0.4) is 0 Å². The number of carboxylic acid groups (broad SMARTS) is 1. The monoisotopic (exact) mass is 156 g/mol. The van der Waals surface area contributed by atoms with Crippen LogP contribution >= 0.6 is 0 Å². The van der Waals surface area contributed by atoms with Gasteiger partial charge in [0.05, 0.1) is 0 Å². The summed E-state index contributed by atoms with van der Waals surface area (Å²) in [4.78, 5) is 10.0. The Kier molecular flexibility index (Phi) is 2.54. The summed E-state index contributed by atoms with van der Waals surface area (Å²) in [5.74, 6) is 0. The molecule has 0 fully saturated rings. The van der Waals surface area contributed by atoms with Crippen molar-refractivity contribution in [2.75, 3.05) is 6.54 Å². The number of aromatic nitrogens is 1. The van der Waals surface area contributed by atoms with Gasteiger partial charge in [-0.3, -0.25) is 0 Å². The summed E-state index contributed by atoms with van der Waals surface area (Å²) in [6.45, 7) is 1.13. The van der Waals surface area contributed by atoms with Crippen LogP contribution in [-0.2, 0) is 6.54 Å².